The number of rotatable bonds is 4. The fourth-order valence-corrected chi connectivity index (χ4v) is 7.97. The lowest BCUT2D eigenvalue weighted by atomic mass is 9.88. The molecular weight excluding hydrogens is 591 g/mol. The molecule has 10 rings (SSSR count). The lowest BCUT2D eigenvalue weighted by molar-refractivity contribution is 1.19. The zero-order valence-electron chi connectivity index (χ0n) is 26.8. The van der Waals surface area contributed by atoms with Crippen LogP contribution in [0.4, 0.5) is 0 Å². The number of para-hydroxylation sites is 1. The average Bonchev–Trinajstić information content (AvgIpc) is 3.54. The maximum Gasteiger partial charge on any atom is 0.0626 e. The van der Waals surface area contributed by atoms with Gasteiger partial charge in [0, 0.05) is 27.2 Å². The summed E-state index contributed by atoms with van der Waals surface area (Å²) in [5.74, 6) is 0. The van der Waals surface area contributed by atoms with Crippen molar-refractivity contribution in [1.29, 1.82) is 0 Å². The van der Waals surface area contributed by atoms with Gasteiger partial charge in [-0.15, -0.1) is 0 Å². The lowest BCUT2D eigenvalue weighted by Crippen LogP contribution is -1.95. The van der Waals surface area contributed by atoms with Crippen LogP contribution >= 0.6 is 0 Å². The molecule has 1 heterocycles. The Morgan fingerprint density at radius 3 is 1.53 bits per heavy atom. The van der Waals surface area contributed by atoms with Crippen molar-refractivity contribution in [3.8, 4) is 39.1 Å². The van der Waals surface area contributed by atoms with Gasteiger partial charge in [-0.1, -0.05) is 158 Å². The van der Waals surface area contributed by atoms with Crippen molar-refractivity contribution in [3.05, 3.63) is 188 Å². The Balaban J connectivity index is 1.26. The van der Waals surface area contributed by atoms with Crippen molar-refractivity contribution >= 4 is 54.1 Å². The van der Waals surface area contributed by atoms with E-state index in [9.17, 15) is 0 Å². The second-order valence-corrected chi connectivity index (χ2v) is 12.9. The Morgan fingerprint density at radius 1 is 0.286 bits per heavy atom. The van der Waals surface area contributed by atoms with Gasteiger partial charge in [0.1, 0.15) is 0 Å². The minimum atomic E-state index is 1.16. The van der Waals surface area contributed by atoms with Crippen LogP contribution in [0.15, 0.2) is 188 Å². The van der Waals surface area contributed by atoms with Crippen LogP contribution in [0.2, 0.25) is 0 Å². The summed E-state index contributed by atoms with van der Waals surface area (Å²) in [5.41, 5.74) is 11.0. The zero-order valence-corrected chi connectivity index (χ0v) is 26.8. The third-order valence-electron chi connectivity index (χ3n) is 10.2. The molecule has 9 aromatic carbocycles. The van der Waals surface area contributed by atoms with E-state index >= 15 is 0 Å². The second kappa shape index (κ2) is 11.1. The molecule has 0 bridgehead atoms. The molecule has 49 heavy (non-hydrogen) atoms. The number of nitrogens with zero attached hydrogens (tertiary/aromatic N) is 1. The Kier molecular flexibility index (Phi) is 6.25. The van der Waals surface area contributed by atoms with Gasteiger partial charge in [0.2, 0.25) is 0 Å². The fraction of sp³-hybridized carbons (Fsp3) is 0. The third-order valence-corrected chi connectivity index (χ3v) is 10.2. The fourth-order valence-electron chi connectivity index (χ4n) is 7.97. The van der Waals surface area contributed by atoms with Crippen molar-refractivity contribution in [1.82, 2.24) is 4.57 Å². The predicted octanol–water partition coefficient (Wildman–Crippen LogP) is 13.2. The van der Waals surface area contributed by atoms with Crippen LogP contribution in [0.1, 0.15) is 0 Å². The molecule has 1 nitrogen and oxygen atoms in total. The largest absolute Gasteiger partial charge is 0.309 e. The Morgan fingerprint density at radius 2 is 0.816 bits per heavy atom. The van der Waals surface area contributed by atoms with Crippen LogP contribution in [0, 0.1) is 0 Å². The Hall–Kier alpha value is -6.44. The molecule has 0 amide bonds. The average molecular weight is 622 g/mol. The number of aromatic nitrogens is 1. The Bertz CT molecular complexity index is 2840. The van der Waals surface area contributed by atoms with Crippen LogP contribution < -0.4 is 0 Å². The highest BCUT2D eigenvalue weighted by Crippen LogP contribution is 2.47. The van der Waals surface area contributed by atoms with Crippen molar-refractivity contribution < 1.29 is 0 Å². The zero-order chi connectivity index (χ0) is 32.3. The number of fused-ring (bicyclic) bond motifs is 10. The van der Waals surface area contributed by atoms with E-state index in [1.54, 1.807) is 0 Å². The minimum absolute atomic E-state index is 1.16. The summed E-state index contributed by atoms with van der Waals surface area (Å²) in [6.45, 7) is 0. The van der Waals surface area contributed by atoms with Crippen molar-refractivity contribution in [3.63, 3.8) is 0 Å². The van der Waals surface area contributed by atoms with Crippen LogP contribution in [-0.4, -0.2) is 4.57 Å². The van der Waals surface area contributed by atoms with E-state index in [2.05, 4.69) is 193 Å². The van der Waals surface area contributed by atoms with E-state index in [0.29, 0.717) is 0 Å². The van der Waals surface area contributed by atoms with E-state index in [0.717, 1.165) is 5.69 Å². The molecule has 0 N–H and O–H groups in total. The van der Waals surface area contributed by atoms with E-state index in [4.69, 9.17) is 0 Å². The molecule has 0 saturated carbocycles. The van der Waals surface area contributed by atoms with Gasteiger partial charge in [-0.05, 0) is 85.3 Å². The van der Waals surface area contributed by atoms with Gasteiger partial charge in [-0.25, -0.2) is 0 Å². The third kappa shape index (κ3) is 4.33. The summed E-state index contributed by atoms with van der Waals surface area (Å²) in [5, 5.41) is 10.3. The van der Waals surface area contributed by atoms with E-state index < -0.39 is 0 Å². The molecule has 0 radical (unpaired) electrons. The van der Waals surface area contributed by atoms with E-state index in [-0.39, 0.29) is 0 Å². The topological polar surface area (TPSA) is 4.93 Å². The molecule has 1 heteroatoms. The van der Waals surface area contributed by atoms with Gasteiger partial charge < -0.3 is 4.57 Å². The summed E-state index contributed by atoms with van der Waals surface area (Å²) in [6.07, 6.45) is 0. The van der Waals surface area contributed by atoms with Crippen molar-refractivity contribution in [2.75, 3.05) is 0 Å². The molecular formula is C48H31N. The highest BCUT2D eigenvalue weighted by molar-refractivity contribution is 6.38. The van der Waals surface area contributed by atoms with E-state index in [1.165, 1.54) is 87.5 Å². The lowest BCUT2D eigenvalue weighted by Gasteiger charge is -2.16. The van der Waals surface area contributed by atoms with Crippen LogP contribution in [0.25, 0.3) is 93.2 Å². The normalized spacial score (nSPS) is 11.7. The first-order valence-corrected chi connectivity index (χ1v) is 16.9. The van der Waals surface area contributed by atoms with Gasteiger partial charge in [0.15, 0.2) is 0 Å². The molecule has 228 valence electrons. The first kappa shape index (κ1) is 27.7. The molecule has 0 fully saturated rings. The van der Waals surface area contributed by atoms with Gasteiger partial charge in [0.25, 0.3) is 0 Å². The monoisotopic (exact) mass is 621 g/mol. The molecule has 0 aliphatic heterocycles. The van der Waals surface area contributed by atoms with Crippen LogP contribution in [-0.2, 0) is 0 Å². The standard InChI is InChI=1S/C48H31N/c1-3-14-32(15-4-1)35-18-13-19-36(30-35)33-26-28-37(29-27-33)49-45-25-12-11-24-42(45)47-46-40-22-9-7-20-38(40)43(34-16-5-2-6-17-34)31-44(46)39-21-8-10-23-41(39)48(47)49/h1-31H. The number of benzene rings is 9. The summed E-state index contributed by atoms with van der Waals surface area (Å²) in [4.78, 5) is 0. The summed E-state index contributed by atoms with van der Waals surface area (Å²) >= 11 is 0. The predicted molar refractivity (Wildman–Crippen MR) is 210 cm³/mol. The number of hydrogen-bond acceptors (Lipinski definition) is 0. The van der Waals surface area contributed by atoms with Gasteiger partial charge in [-0.2, -0.15) is 0 Å². The smallest absolute Gasteiger partial charge is 0.0626 e. The summed E-state index contributed by atoms with van der Waals surface area (Å²) in [6, 6.07) is 68.6. The molecule has 0 aliphatic carbocycles. The summed E-state index contributed by atoms with van der Waals surface area (Å²) < 4.78 is 2.48. The van der Waals surface area contributed by atoms with Gasteiger partial charge in [-0.3, -0.25) is 0 Å². The summed E-state index contributed by atoms with van der Waals surface area (Å²) in [7, 11) is 0. The molecule has 0 saturated heterocycles. The maximum atomic E-state index is 2.48. The molecule has 10 aromatic rings. The molecule has 0 spiro atoms. The van der Waals surface area contributed by atoms with Crippen LogP contribution in [0.5, 0.6) is 0 Å². The second-order valence-electron chi connectivity index (χ2n) is 12.9. The number of hydrogen-bond donors (Lipinski definition) is 0. The van der Waals surface area contributed by atoms with Gasteiger partial charge >= 0.3 is 0 Å². The SMILES string of the molecule is c1ccc(-c2cccc(-c3ccc(-n4c5ccccc5c5c6c7ccccc7c(-c7ccccc7)cc6c6ccccc6c54)cc3)c2)cc1. The first-order valence-electron chi connectivity index (χ1n) is 16.9. The molecule has 0 unspecified atom stereocenters. The first-order chi connectivity index (χ1) is 24.3. The van der Waals surface area contributed by atoms with Crippen LogP contribution in [0.3, 0.4) is 0 Å². The van der Waals surface area contributed by atoms with Crippen molar-refractivity contribution in [2.24, 2.45) is 0 Å². The quantitative estimate of drug-likeness (QED) is 0.172. The van der Waals surface area contributed by atoms with Gasteiger partial charge in [0.05, 0.1) is 11.0 Å². The Labute approximate surface area is 284 Å². The van der Waals surface area contributed by atoms with Crippen molar-refractivity contribution in [2.45, 2.75) is 0 Å². The minimum Gasteiger partial charge on any atom is -0.309 e. The molecule has 1 aromatic heterocycles. The molecule has 0 atom stereocenters. The highest BCUT2D eigenvalue weighted by Gasteiger charge is 2.21. The van der Waals surface area contributed by atoms with E-state index in [1.807, 2.05) is 0 Å². The maximum absolute atomic E-state index is 2.48. The molecule has 0 aliphatic rings. The highest BCUT2D eigenvalue weighted by atomic mass is 15.0.